The second-order valence-electron chi connectivity index (χ2n) is 11.3. The first-order valence-electron chi connectivity index (χ1n) is 14.0. The van der Waals surface area contributed by atoms with Crippen molar-refractivity contribution >= 4 is 34.6 Å². The summed E-state index contributed by atoms with van der Waals surface area (Å²) in [4.78, 5) is 56.6. The Morgan fingerprint density at radius 3 is 2.78 bits per heavy atom. The number of hydrogen-bond donors (Lipinski definition) is 3. The Balaban J connectivity index is 1.32. The van der Waals surface area contributed by atoms with Crippen LogP contribution in [0.4, 0.5) is 8.78 Å². The number of esters is 1. The smallest absolute Gasteiger partial charge is 0.333 e. The summed E-state index contributed by atoms with van der Waals surface area (Å²) in [6, 6.07) is 3.89. The number of fused-ring (bicyclic) bond motifs is 4. The van der Waals surface area contributed by atoms with Gasteiger partial charge < -0.3 is 30.0 Å². The van der Waals surface area contributed by atoms with E-state index in [1.54, 1.807) is 30.3 Å². The van der Waals surface area contributed by atoms with Gasteiger partial charge in [0.1, 0.15) is 17.5 Å². The number of benzene rings is 1. The summed E-state index contributed by atoms with van der Waals surface area (Å²) in [5.41, 5.74) is 1.18. The van der Waals surface area contributed by atoms with Gasteiger partial charge in [-0.2, -0.15) is 0 Å². The molecule has 1 aliphatic carbocycles. The molecule has 5 fully saturated rings. The number of nitrogens with one attached hydrogen (secondary N) is 3. The molecule has 4 aliphatic heterocycles. The zero-order chi connectivity index (χ0) is 28.9. The topological polar surface area (TPSA) is 130 Å². The molecule has 5 heterocycles. The second-order valence-corrected chi connectivity index (χ2v) is 11.3. The van der Waals surface area contributed by atoms with E-state index in [4.69, 9.17) is 9.47 Å². The number of cyclic esters (lactones) is 1. The summed E-state index contributed by atoms with van der Waals surface area (Å²) in [5, 5.41) is 6.25. The maximum atomic E-state index is 15.2. The maximum absolute atomic E-state index is 15.2. The lowest BCUT2D eigenvalue weighted by Crippen LogP contribution is -2.68. The highest BCUT2D eigenvalue weighted by Crippen LogP contribution is 2.49. The van der Waals surface area contributed by atoms with Crippen molar-refractivity contribution in [3.8, 4) is 5.75 Å². The van der Waals surface area contributed by atoms with Gasteiger partial charge >= 0.3 is 5.97 Å². The third kappa shape index (κ3) is 4.93. The first-order chi connectivity index (χ1) is 19.7. The number of amides is 3. The van der Waals surface area contributed by atoms with Crippen molar-refractivity contribution in [1.82, 2.24) is 20.5 Å². The van der Waals surface area contributed by atoms with Crippen LogP contribution in [0.3, 0.4) is 0 Å². The Bertz CT molecular complexity index is 1440. The summed E-state index contributed by atoms with van der Waals surface area (Å²) in [6.07, 6.45) is 2.61. The van der Waals surface area contributed by atoms with Gasteiger partial charge in [0.2, 0.25) is 11.8 Å². The fourth-order valence-corrected chi connectivity index (χ4v) is 6.81. The molecule has 7 rings (SSSR count). The number of aromatic nitrogens is 1. The number of hydrogen-bond acceptors (Lipinski definition) is 6. The van der Waals surface area contributed by atoms with E-state index in [-0.39, 0.29) is 31.0 Å². The fraction of sp³-hybridized carbons (Fsp3) is 0.517. The molecule has 1 aromatic carbocycles. The molecule has 10 nitrogen and oxygen atoms in total. The molecule has 4 saturated heterocycles. The third-order valence-electron chi connectivity index (χ3n) is 8.81. The molecule has 1 saturated carbocycles. The van der Waals surface area contributed by atoms with Crippen molar-refractivity contribution in [3.63, 3.8) is 0 Å². The quantitative estimate of drug-likeness (QED) is 0.347. The van der Waals surface area contributed by atoms with E-state index in [2.05, 4.69) is 15.6 Å². The van der Waals surface area contributed by atoms with Gasteiger partial charge in [0.15, 0.2) is 0 Å². The number of H-pyrrole nitrogens is 1. The molecule has 5 atom stereocenters. The number of ether oxygens (including phenoxy) is 2. The van der Waals surface area contributed by atoms with Crippen LogP contribution in [0, 0.1) is 11.8 Å². The Labute approximate surface area is 234 Å². The lowest BCUT2D eigenvalue weighted by atomic mass is 9.71. The first-order valence-corrected chi connectivity index (χ1v) is 14.0. The largest absolute Gasteiger partial charge is 0.496 e. The molecule has 2 aromatic rings. The van der Waals surface area contributed by atoms with Gasteiger partial charge in [-0.1, -0.05) is 12.1 Å². The van der Waals surface area contributed by atoms with Gasteiger partial charge in [-0.05, 0) is 43.9 Å². The van der Waals surface area contributed by atoms with Gasteiger partial charge in [0, 0.05) is 53.9 Å². The molecule has 218 valence electrons. The van der Waals surface area contributed by atoms with Crippen molar-refractivity contribution in [1.29, 1.82) is 0 Å². The minimum Gasteiger partial charge on any atom is -0.496 e. The summed E-state index contributed by atoms with van der Waals surface area (Å²) >= 11 is 0. The van der Waals surface area contributed by atoms with E-state index >= 15 is 8.78 Å². The van der Waals surface area contributed by atoms with Crippen LogP contribution in [-0.2, 0) is 19.1 Å². The summed E-state index contributed by atoms with van der Waals surface area (Å²) in [7, 11) is 1.52. The molecule has 0 radical (unpaired) electrons. The number of nitrogens with zero attached hydrogens (tertiary/aromatic N) is 1. The molecule has 0 unspecified atom stereocenters. The maximum Gasteiger partial charge on any atom is 0.333 e. The summed E-state index contributed by atoms with van der Waals surface area (Å²) in [5.74, 6) is -6.28. The van der Waals surface area contributed by atoms with Gasteiger partial charge in [-0.25, -0.2) is 13.6 Å². The van der Waals surface area contributed by atoms with E-state index in [1.165, 1.54) is 12.0 Å². The average molecular weight is 571 g/mol. The number of alkyl halides is 2. The lowest BCUT2D eigenvalue weighted by molar-refractivity contribution is -0.179. The minimum absolute atomic E-state index is 0.100. The second kappa shape index (κ2) is 10.5. The van der Waals surface area contributed by atoms with Crippen LogP contribution < -0.4 is 15.4 Å². The van der Waals surface area contributed by atoms with E-state index in [0.29, 0.717) is 48.0 Å². The highest BCUT2D eigenvalue weighted by molar-refractivity contribution is 6.02. The van der Waals surface area contributed by atoms with E-state index in [9.17, 15) is 19.2 Å². The predicted octanol–water partition coefficient (Wildman–Crippen LogP) is 2.69. The Hall–Kier alpha value is -3.96. The molecule has 12 heteroatoms. The molecule has 2 bridgehead atoms. The number of aromatic amines is 1. The number of carbonyl (C=O) groups is 4. The van der Waals surface area contributed by atoms with Crippen LogP contribution in [0.2, 0.25) is 0 Å². The minimum atomic E-state index is -3.13. The number of piperidine rings is 2. The first kappa shape index (κ1) is 27.2. The monoisotopic (exact) mass is 570 g/mol. The highest BCUT2D eigenvalue weighted by Gasteiger charge is 2.60. The van der Waals surface area contributed by atoms with E-state index < -0.39 is 60.1 Å². The van der Waals surface area contributed by atoms with Crippen LogP contribution in [-0.4, -0.2) is 77.9 Å². The zero-order valence-electron chi connectivity index (χ0n) is 22.6. The molecule has 41 heavy (non-hydrogen) atoms. The zero-order valence-corrected chi connectivity index (χ0v) is 22.6. The predicted molar refractivity (Wildman–Crippen MR) is 142 cm³/mol. The molecule has 3 N–H and O–H groups in total. The van der Waals surface area contributed by atoms with Crippen LogP contribution in [0.25, 0.3) is 10.9 Å². The van der Waals surface area contributed by atoms with Crippen LogP contribution >= 0.6 is 0 Å². The normalized spacial score (nSPS) is 28.6. The molecule has 0 spiro atoms. The Morgan fingerprint density at radius 1 is 1.27 bits per heavy atom. The van der Waals surface area contributed by atoms with Crippen molar-refractivity contribution in [2.45, 2.75) is 62.6 Å². The molecule has 1 aromatic heterocycles. The molecule has 5 aliphatic rings. The summed E-state index contributed by atoms with van der Waals surface area (Å²) in [6.45, 7) is 0.713. The standard InChI is InChI=1S/C29H32F2N4O6/c1-40-23-4-2-3-21-19(23)13-22(34-21)27(38)35-18-5-6-20(29(30,31)14-18)24(35)26(37)33-17(11-15-7-9-32-25(15)36)12-16-8-10-41-28(16)39/h2-4,12-13,15,17-18,20,24,34H,5-11,14H2,1H3,(H,32,36)(H,33,37)/b16-12+/t15-,17-,18-,20-,24-/m0/s1. The SMILES string of the molecule is COc1cccc2[nH]c(C(=O)N3[C@H]4CC[C@@H]([C@H]3C(=O)N[C@H](/C=C3\CCOC3=O)C[C@@H]3CCNC3=O)C(F)(F)C4)cc12. The van der Waals surface area contributed by atoms with Gasteiger partial charge in [-0.15, -0.1) is 0 Å². The number of carbonyl (C=O) groups excluding carboxylic acids is 4. The van der Waals surface area contributed by atoms with Crippen LogP contribution in [0.5, 0.6) is 5.75 Å². The van der Waals surface area contributed by atoms with Crippen molar-refractivity contribution in [2.24, 2.45) is 11.8 Å². The van der Waals surface area contributed by atoms with Gasteiger partial charge in [0.05, 0.1) is 19.6 Å². The molecular formula is C29H32F2N4O6. The molecule has 3 amide bonds. The number of methoxy groups -OCH3 is 1. The van der Waals surface area contributed by atoms with Crippen molar-refractivity contribution < 1.29 is 37.4 Å². The van der Waals surface area contributed by atoms with Gasteiger partial charge in [0.25, 0.3) is 11.8 Å². The molecular weight excluding hydrogens is 538 g/mol. The average Bonchev–Trinajstić information content (AvgIpc) is 3.67. The van der Waals surface area contributed by atoms with Crippen LogP contribution in [0.1, 0.15) is 49.0 Å². The van der Waals surface area contributed by atoms with Crippen molar-refractivity contribution in [2.75, 3.05) is 20.3 Å². The van der Waals surface area contributed by atoms with Crippen LogP contribution in [0.15, 0.2) is 35.9 Å². The van der Waals surface area contributed by atoms with E-state index in [1.807, 2.05) is 0 Å². The Morgan fingerprint density at radius 2 is 2.10 bits per heavy atom. The number of halogens is 2. The Kier molecular flexibility index (Phi) is 6.95. The lowest BCUT2D eigenvalue weighted by Gasteiger charge is -2.53. The summed E-state index contributed by atoms with van der Waals surface area (Å²) < 4.78 is 40.9. The number of rotatable bonds is 7. The van der Waals surface area contributed by atoms with Crippen molar-refractivity contribution in [3.05, 3.63) is 41.6 Å². The van der Waals surface area contributed by atoms with Gasteiger partial charge in [-0.3, -0.25) is 14.4 Å². The third-order valence-corrected chi connectivity index (χ3v) is 8.81. The highest BCUT2D eigenvalue weighted by atomic mass is 19.3. The fourth-order valence-electron chi connectivity index (χ4n) is 6.81. The van der Waals surface area contributed by atoms with E-state index in [0.717, 1.165) is 0 Å².